The topological polar surface area (TPSA) is 38.8 Å². The lowest BCUT2D eigenvalue weighted by Gasteiger charge is -2.11. The van der Waals surface area contributed by atoms with Crippen LogP contribution in [0.2, 0.25) is 0 Å². The van der Waals surface area contributed by atoms with Gasteiger partial charge in [-0.15, -0.1) is 11.8 Å². The first kappa shape index (κ1) is 15.9. The van der Waals surface area contributed by atoms with Crippen molar-refractivity contribution in [3.05, 3.63) is 46.9 Å². The Bertz CT molecular complexity index is 757. The Hall–Kier alpha value is -1.98. The fraction of sp³-hybridized carbons (Fsp3) is 0.278. The van der Waals surface area contributed by atoms with Gasteiger partial charge in [0.2, 0.25) is 0 Å². The Morgan fingerprint density at radius 2 is 2.09 bits per heavy atom. The fourth-order valence-electron chi connectivity index (χ4n) is 2.69. The lowest BCUT2D eigenvalue weighted by Crippen LogP contribution is -2.27. The molecule has 1 heterocycles. The molecule has 0 aromatic heterocycles. The molecule has 1 fully saturated rings. The standard InChI is InChI=1S/C18H19NO3S/c1-21-17-8-7-13-5-3-4-6-15(13)16(17)9-14-10-19(12-23-14)11-18(20)22-2/h3-9H,10-12H2,1-2H3. The Morgan fingerprint density at radius 1 is 1.26 bits per heavy atom. The summed E-state index contributed by atoms with van der Waals surface area (Å²) in [4.78, 5) is 14.7. The largest absolute Gasteiger partial charge is 0.496 e. The molecule has 120 valence electrons. The lowest BCUT2D eigenvalue weighted by atomic mass is 10.0. The van der Waals surface area contributed by atoms with E-state index >= 15 is 0 Å². The predicted molar refractivity (Wildman–Crippen MR) is 94.5 cm³/mol. The van der Waals surface area contributed by atoms with E-state index in [1.165, 1.54) is 22.8 Å². The van der Waals surface area contributed by atoms with Gasteiger partial charge in [-0.05, 0) is 22.9 Å². The second-order valence-electron chi connectivity index (χ2n) is 5.35. The molecule has 0 radical (unpaired) electrons. The third kappa shape index (κ3) is 3.51. The number of methoxy groups -OCH3 is 2. The van der Waals surface area contributed by atoms with E-state index in [4.69, 9.17) is 9.47 Å². The molecule has 2 aromatic carbocycles. The summed E-state index contributed by atoms with van der Waals surface area (Å²) in [6.07, 6.45) is 2.17. The van der Waals surface area contributed by atoms with E-state index in [0.717, 1.165) is 23.7 Å². The van der Waals surface area contributed by atoms with Crippen molar-refractivity contribution in [3.8, 4) is 5.75 Å². The van der Waals surface area contributed by atoms with Crippen molar-refractivity contribution in [2.24, 2.45) is 0 Å². The second-order valence-corrected chi connectivity index (χ2v) is 6.42. The van der Waals surface area contributed by atoms with Gasteiger partial charge < -0.3 is 9.47 Å². The molecule has 1 aliphatic heterocycles. The number of fused-ring (bicyclic) bond motifs is 1. The van der Waals surface area contributed by atoms with E-state index in [-0.39, 0.29) is 5.97 Å². The van der Waals surface area contributed by atoms with Crippen molar-refractivity contribution in [2.75, 3.05) is 33.2 Å². The number of esters is 1. The van der Waals surface area contributed by atoms with E-state index < -0.39 is 0 Å². The molecule has 0 saturated carbocycles. The van der Waals surface area contributed by atoms with E-state index in [1.807, 2.05) is 18.2 Å². The van der Waals surface area contributed by atoms with Gasteiger partial charge in [0.25, 0.3) is 0 Å². The molecule has 0 N–H and O–H groups in total. The average Bonchev–Trinajstić information content (AvgIpc) is 3.02. The number of ether oxygens (including phenoxy) is 2. The van der Waals surface area contributed by atoms with Crippen LogP contribution < -0.4 is 4.74 Å². The smallest absolute Gasteiger partial charge is 0.319 e. The molecule has 4 nitrogen and oxygen atoms in total. The van der Waals surface area contributed by atoms with Crippen LogP contribution in [0, 0.1) is 0 Å². The third-order valence-corrected chi connectivity index (χ3v) is 4.96. The van der Waals surface area contributed by atoms with Gasteiger partial charge in [-0.25, -0.2) is 0 Å². The Balaban J connectivity index is 1.90. The number of benzene rings is 2. The van der Waals surface area contributed by atoms with Crippen molar-refractivity contribution < 1.29 is 14.3 Å². The Morgan fingerprint density at radius 3 is 2.87 bits per heavy atom. The molecular formula is C18H19NO3S. The molecule has 1 saturated heterocycles. The van der Waals surface area contributed by atoms with Crippen LogP contribution in [0.3, 0.4) is 0 Å². The molecule has 23 heavy (non-hydrogen) atoms. The number of thioether (sulfide) groups is 1. The molecule has 0 unspecified atom stereocenters. The summed E-state index contributed by atoms with van der Waals surface area (Å²) < 4.78 is 10.3. The van der Waals surface area contributed by atoms with Crippen LogP contribution in [0.4, 0.5) is 0 Å². The summed E-state index contributed by atoms with van der Waals surface area (Å²) in [5.41, 5.74) is 1.09. The highest BCUT2D eigenvalue weighted by Crippen LogP contribution is 2.34. The molecule has 0 aliphatic carbocycles. The van der Waals surface area contributed by atoms with Gasteiger partial charge in [-0.2, -0.15) is 0 Å². The minimum atomic E-state index is -0.199. The molecule has 1 aliphatic rings. The summed E-state index contributed by atoms with van der Waals surface area (Å²) in [5, 5.41) is 2.36. The molecule has 0 amide bonds. The first-order chi connectivity index (χ1) is 11.2. The van der Waals surface area contributed by atoms with Crippen LogP contribution in [-0.2, 0) is 9.53 Å². The molecular weight excluding hydrogens is 310 g/mol. The van der Waals surface area contributed by atoms with Gasteiger partial charge in [0.1, 0.15) is 5.75 Å². The zero-order chi connectivity index (χ0) is 16.2. The Kier molecular flexibility index (Phi) is 4.88. The summed E-state index contributed by atoms with van der Waals surface area (Å²) in [7, 11) is 3.11. The third-order valence-electron chi connectivity index (χ3n) is 3.85. The van der Waals surface area contributed by atoms with Crippen molar-refractivity contribution in [1.29, 1.82) is 0 Å². The molecule has 2 aromatic rings. The number of hydrogen-bond donors (Lipinski definition) is 0. The summed E-state index contributed by atoms with van der Waals surface area (Å²) in [6.45, 7) is 1.08. The van der Waals surface area contributed by atoms with Crippen molar-refractivity contribution in [3.63, 3.8) is 0 Å². The predicted octanol–water partition coefficient (Wildman–Crippen LogP) is 3.37. The van der Waals surface area contributed by atoms with E-state index in [2.05, 4.69) is 29.2 Å². The van der Waals surface area contributed by atoms with Crippen molar-refractivity contribution in [2.45, 2.75) is 0 Å². The zero-order valence-corrected chi connectivity index (χ0v) is 14.1. The monoisotopic (exact) mass is 329 g/mol. The normalized spacial score (nSPS) is 16.9. The fourth-order valence-corrected chi connectivity index (χ4v) is 3.69. The van der Waals surface area contributed by atoms with E-state index in [0.29, 0.717) is 6.54 Å². The Labute approximate surface area is 140 Å². The summed E-state index contributed by atoms with van der Waals surface area (Å²) in [6, 6.07) is 12.4. The van der Waals surface area contributed by atoms with E-state index in [1.54, 1.807) is 18.9 Å². The van der Waals surface area contributed by atoms with Crippen LogP contribution in [0.25, 0.3) is 16.8 Å². The minimum absolute atomic E-state index is 0.199. The van der Waals surface area contributed by atoms with E-state index in [9.17, 15) is 4.79 Å². The SMILES string of the molecule is COC(=O)CN1CSC(=Cc2c(OC)ccc3ccccc23)C1. The van der Waals surface area contributed by atoms with Crippen molar-refractivity contribution in [1.82, 2.24) is 4.90 Å². The quantitative estimate of drug-likeness (QED) is 0.804. The second kappa shape index (κ2) is 7.06. The van der Waals surface area contributed by atoms with Gasteiger partial charge in [-0.3, -0.25) is 9.69 Å². The van der Waals surface area contributed by atoms with Crippen LogP contribution in [0.5, 0.6) is 5.75 Å². The molecule has 0 spiro atoms. The van der Waals surface area contributed by atoms with Crippen LogP contribution in [-0.4, -0.2) is 44.1 Å². The number of nitrogens with zero attached hydrogens (tertiary/aromatic N) is 1. The highest BCUT2D eigenvalue weighted by Gasteiger charge is 2.20. The van der Waals surface area contributed by atoms with Gasteiger partial charge in [0, 0.05) is 22.9 Å². The summed E-state index contributed by atoms with van der Waals surface area (Å²) in [5.74, 6) is 1.46. The van der Waals surface area contributed by atoms with Gasteiger partial charge >= 0.3 is 5.97 Å². The van der Waals surface area contributed by atoms with Crippen LogP contribution in [0.1, 0.15) is 5.56 Å². The maximum atomic E-state index is 11.4. The van der Waals surface area contributed by atoms with Crippen molar-refractivity contribution >= 4 is 34.6 Å². The lowest BCUT2D eigenvalue weighted by molar-refractivity contribution is -0.141. The average molecular weight is 329 g/mol. The minimum Gasteiger partial charge on any atom is -0.496 e. The maximum Gasteiger partial charge on any atom is 0.319 e. The highest BCUT2D eigenvalue weighted by atomic mass is 32.2. The highest BCUT2D eigenvalue weighted by molar-refractivity contribution is 8.03. The number of hydrogen-bond acceptors (Lipinski definition) is 5. The molecule has 3 rings (SSSR count). The van der Waals surface area contributed by atoms with Gasteiger partial charge in [0.05, 0.1) is 20.8 Å². The summed E-state index contributed by atoms with van der Waals surface area (Å²) >= 11 is 1.75. The van der Waals surface area contributed by atoms with Crippen LogP contribution in [0.15, 0.2) is 41.3 Å². The van der Waals surface area contributed by atoms with Gasteiger partial charge in [-0.1, -0.05) is 30.3 Å². The first-order valence-electron chi connectivity index (χ1n) is 7.39. The number of rotatable bonds is 4. The first-order valence-corrected chi connectivity index (χ1v) is 8.38. The molecule has 0 atom stereocenters. The maximum absolute atomic E-state index is 11.4. The zero-order valence-electron chi connectivity index (χ0n) is 13.2. The van der Waals surface area contributed by atoms with Crippen LogP contribution >= 0.6 is 11.8 Å². The van der Waals surface area contributed by atoms with Gasteiger partial charge in [0.15, 0.2) is 0 Å². The number of carbonyl (C=O) groups excluding carboxylic acids is 1. The number of carbonyl (C=O) groups is 1. The molecule has 0 bridgehead atoms. The molecule has 5 heteroatoms.